The molecular weight excluding hydrogens is 401 g/mol. The summed E-state index contributed by atoms with van der Waals surface area (Å²) in [6.07, 6.45) is 1.10. The number of rotatable bonds is 4. The van der Waals surface area contributed by atoms with Gasteiger partial charge in [0.25, 0.3) is 15.0 Å². The van der Waals surface area contributed by atoms with Crippen LogP contribution < -0.4 is 0 Å². The maximum absolute atomic E-state index is 12.4. The minimum Gasteiger partial charge on any atom is -0.341 e. The van der Waals surface area contributed by atoms with E-state index in [2.05, 4.69) is 22.9 Å². The van der Waals surface area contributed by atoms with Crippen molar-refractivity contribution in [3.8, 4) is 0 Å². The molecule has 2 unspecified atom stereocenters. The summed E-state index contributed by atoms with van der Waals surface area (Å²) in [5, 5.41) is 0.180. The summed E-state index contributed by atoms with van der Waals surface area (Å²) >= 11 is 9.26. The second-order valence-corrected chi connectivity index (χ2v) is 9.16. The first-order chi connectivity index (χ1) is 9.61. The molecule has 1 aliphatic carbocycles. The molecule has 0 N–H and O–H groups in total. The van der Waals surface area contributed by atoms with Gasteiger partial charge < -0.3 is 4.90 Å². The summed E-state index contributed by atoms with van der Waals surface area (Å²) in [6.45, 7) is 2.76. The van der Waals surface area contributed by atoms with Crippen LogP contribution in [0.3, 0.4) is 0 Å². The highest BCUT2D eigenvalue weighted by atomic mass is 79.9. The average molecular weight is 415 g/mol. The van der Waals surface area contributed by atoms with Gasteiger partial charge >= 0.3 is 0 Å². The molecule has 0 radical (unpaired) electrons. The second-order valence-electron chi connectivity index (χ2n) is 5.36. The predicted molar refractivity (Wildman–Crippen MR) is 86.4 cm³/mol. The molecular formula is C13H14BrCl2NO3S. The summed E-state index contributed by atoms with van der Waals surface area (Å²) in [4.78, 5) is 13.9. The van der Waals surface area contributed by atoms with Crippen LogP contribution in [0.5, 0.6) is 0 Å². The summed E-state index contributed by atoms with van der Waals surface area (Å²) in [7, 11) is 3.09. The van der Waals surface area contributed by atoms with Crippen LogP contribution in [0.1, 0.15) is 23.7 Å². The number of halogens is 3. The van der Waals surface area contributed by atoms with E-state index >= 15 is 0 Å². The molecule has 4 nitrogen and oxygen atoms in total. The van der Waals surface area contributed by atoms with Crippen molar-refractivity contribution in [1.29, 1.82) is 0 Å². The van der Waals surface area contributed by atoms with Crippen molar-refractivity contribution in [3.63, 3.8) is 0 Å². The third-order valence-corrected chi connectivity index (χ3v) is 6.24. The van der Waals surface area contributed by atoms with Crippen LogP contribution in [0.25, 0.3) is 0 Å². The Kier molecular flexibility index (Phi) is 4.93. The number of carbonyl (C=O) groups is 1. The molecule has 0 bridgehead atoms. The Morgan fingerprint density at radius 1 is 1.48 bits per heavy atom. The Balaban J connectivity index is 2.33. The zero-order valence-corrected chi connectivity index (χ0v) is 15.4. The highest BCUT2D eigenvalue weighted by molar-refractivity contribution is 9.10. The normalized spacial score (nSPS) is 21.2. The lowest BCUT2D eigenvalue weighted by Crippen LogP contribution is -2.29. The molecule has 0 aromatic heterocycles. The van der Waals surface area contributed by atoms with Gasteiger partial charge in [-0.2, -0.15) is 0 Å². The molecule has 2 atom stereocenters. The first-order valence-corrected chi connectivity index (χ1v) is 9.78. The van der Waals surface area contributed by atoms with Crippen molar-refractivity contribution in [3.05, 3.63) is 27.2 Å². The van der Waals surface area contributed by atoms with Gasteiger partial charge in [-0.3, -0.25) is 4.79 Å². The largest absolute Gasteiger partial charge is 0.341 e. The van der Waals surface area contributed by atoms with Crippen molar-refractivity contribution < 1.29 is 13.2 Å². The number of benzene rings is 1. The Morgan fingerprint density at radius 2 is 2.05 bits per heavy atom. The van der Waals surface area contributed by atoms with Crippen LogP contribution in [0, 0.1) is 11.8 Å². The van der Waals surface area contributed by atoms with Crippen LogP contribution in [0.15, 0.2) is 21.5 Å². The monoisotopic (exact) mass is 413 g/mol. The lowest BCUT2D eigenvalue weighted by molar-refractivity contribution is 0.0787. The molecule has 0 aliphatic heterocycles. The molecule has 0 saturated heterocycles. The van der Waals surface area contributed by atoms with Gasteiger partial charge in [0.2, 0.25) is 0 Å². The van der Waals surface area contributed by atoms with Crippen LogP contribution in [0.2, 0.25) is 5.02 Å². The number of nitrogens with zero attached hydrogens (tertiary/aromatic N) is 1. The molecule has 0 spiro atoms. The second kappa shape index (κ2) is 6.07. The fraction of sp³-hybridized carbons (Fsp3) is 0.462. The molecule has 8 heteroatoms. The molecule has 1 aliphatic rings. The van der Waals surface area contributed by atoms with Crippen LogP contribution >= 0.6 is 38.2 Å². The number of hydrogen-bond acceptors (Lipinski definition) is 3. The lowest BCUT2D eigenvalue weighted by atomic mass is 10.2. The maximum Gasteiger partial charge on any atom is 0.261 e. The van der Waals surface area contributed by atoms with Gasteiger partial charge in [0.1, 0.15) is 0 Å². The van der Waals surface area contributed by atoms with E-state index < -0.39 is 9.05 Å². The van der Waals surface area contributed by atoms with Crippen molar-refractivity contribution >= 4 is 53.2 Å². The molecule has 1 aromatic carbocycles. The third kappa shape index (κ3) is 3.92. The number of hydrogen-bond donors (Lipinski definition) is 0. The summed E-state index contributed by atoms with van der Waals surface area (Å²) < 4.78 is 23.2. The van der Waals surface area contributed by atoms with Gasteiger partial charge in [-0.1, -0.05) is 18.5 Å². The average Bonchev–Trinajstić information content (AvgIpc) is 3.05. The Labute approximate surface area is 142 Å². The van der Waals surface area contributed by atoms with E-state index in [4.69, 9.17) is 22.3 Å². The van der Waals surface area contributed by atoms with Crippen LogP contribution in [-0.4, -0.2) is 32.8 Å². The van der Waals surface area contributed by atoms with E-state index in [1.165, 1.54) is 12.1 Å². The van der Waals surface area contributed by atoms with Gasteiger partial charge in [-0.05, 0) is 46.3 Å². The molecule has 2 rings (SSSR count). The molecule has 1 fully saturated rings. The van der Waals surface area contributed by atoms with Crippen molar-refractivity contribution in [2.45, 2.75) is 18.2 Å². The van der Waals surface area contributed by atoms with Crippen LogP contribution in [0.4, 0.5) is 0 Å². The first-order valence-electron chi connectivity index (χ1n) is 6.30. The quantitative estimate of drug-likeness (QED) is 0.704. The standard InChI is InChI=1S/C13H14BrCl2NO3S/c1-7-3-8(7)6-17(2)13(18)10-4-9(21(16,19)20)5-11(14)12(10)15/h4-5,7-8H,3,6H2,1-2H3. The highest BCUT2D eigenvalue weighted by Gasteiger charge is 2.34. The summed E-state index contributed by atoms with van der Waals surface area (Å²) in [5.41, 5.74) is 0.126. The Hall–Kier alpha value is -0.300. The molecule has 116 valence electrons. The van der Waals surface area contributed by atoms with Crippen molar-refractivity contribution in [1.82, 2.24) is 4.90 Å². The Morgan fingerprint density at radius 3 is 2.52 bits per heavy atom. The number of carbonyl (C=O) groups excluding carboxylic acids is 1. The van der Waals surface area contributed by atoms with E-state index in [-0.39, 0.29) is 21.4 Å². The SMILES string of the molecule is CC1CC1CN(C)C(=O)c1cc(S(=O)(=O)Cl)cc(Br)c1Cl. The predicted octanol–water partition coefficient (Wildman–Crippen LogP) is 3.76. The lowest BCUT2D eigenvalue weighted by Gasteiger charge is -2.18. The third-order valence-electron chi connectivity index (χ3n) is 3.64. The minimum absolute atomic E-state index is 0.126. The molecule has 0 heterocycles. The van der Waals surface area contributed by atoms with E-state index in [1.807, 2.05) is 0 Å². The smallest absolute Gasteiger partial charge is 0.261 e. The topological polar surface area (TPSA) is 54.5 Å². The molecule has 21 heavy (non-hydrogen) atoms. The molecule has 1 aromatic rings. The minimum atomic E-state index is -3.93. The van der Waals surface area contributed by atoms with Gasteiger partial charge in [0, 0.05) is 28.7 Å². The van der Waals surface area contributed by atoms with Gasteiger partial charge in [0.15, 0.2) is 0 Å². The first kappa shape index (κ1) is 17.1. The maximum atomic E-state index is 12.4. The fourth-order valence-corrected chi connectivity index (χ4v) is 3.74. The van der Waals surface area contributed by atoms with Crippen LogP contribution in [-0.2, 0) is 9.05 Å². The van der Waals surface area contributed by atoms with Gasteiger partial charge in [-0.25, -0.2) is 8.42 Å². The van der Waals surface area contributed by atoms with Crippen molar-refractivity contribution in [2.75, 3.05) is 13.6 Å². The Bertz CT molecular complexity index is 693. The molecule has 1 saturated carbocycles. The highest BCUT2D eigenvalue weighted by Crippen LogP contribution is 2.38. The molecule has 1 amide bonds. The summed E-state index contributed by atoms with van der Waals surface area (Å²) in [6, 6.07) is 2.50. The van der Waals surface area contributed by atoms with Crippen molar-refractivity contribution in [2.24, 2.45) is 11.8 Å². The summed E-state index contributed by atoms with van der Waals surface area (Å²) in [5.74, 6) is 0.806. The zero-order chi connectivity index (χ0) is 15.9. The van der Waals surface area contributed by atoms with E-state index in [1.54, 1.807) is 11.9 Å². The van der Waals surface area contributed by atoms with E-state index in [0.717, 1.165) is 6.42 Å². The van der Waals surface area contributed by atoms with Gasteiger partial charge in [0.05, 0.1) is 15.5 Å². The number of amides is 1. The zero-order valence-electron chi connectivity index (χ0n) is 11.4. The van der Waals surface area contributed by atoms with E-state index in [0.29, 0.717) is 22.9 Å². The van der Waals surface area contributed by atoms with E-state index in [9.17, 15) is 13.2 Å². The van der Waals surface area contributed by atoms with Gasteiger partial charge in [-0.15, -0.1) is 0 Å². The fourth-order valence-electron chi connectivity index (χ4n) is 2.15.